The molecule has 1 unspecified atom stereocenters. The second kappa shape index (κ2) is 10.7. The first kappa shape index (κ1) is 24.3. The molecule has 8 nitrogen and oxygen atoms in total. The number of benzene rings is 2. The minimum atomic E-state index is -0.648. The van der Waals surface area contributed by atoms with Crippen molar-refractivity contribution >= 4 is 46.1 Å². The molecule has 3 amide bonds. The number of anilines is 1. The van der Waals surface area contributed by atoms with Crippen molar-refractivity contribution in [1.82, 2.24) is 15.2 Å². The third kappa shape index (κ3) is 5.71. The van der Waals surface area contributed by atoms with Gasteiger partial charge in [0.25, 0.3) is 5.91 Å². The fourth-order valence-electron chi connectivity index (χ4n) is 3.86. The standard InChI is InChI=1S/C26H26N4O4S2/c1-16-30(26(33)34-13-17-5-3-2-4-6-17)22(15-35-16)24(32)29-25-28-21(14-36-25)18-7-9-19(10-8-18)23(31)27-20-11-12-20/h2-10,14,16,20,22H,11-13,15H2,1H3,(H,27,31)(H,28,29,32)/t16-,22?/m1/s1. The smallest absolute Gasteiger partial charge is 0.411 e. The average molecular weight is 523 g/mol. The first-order chi connectivity index (χ1) is 17.5. The Morgan fingerprint density at radius 2 is 1.83 bits per heavy atom. The van der Waals surface area contributed by atoms with E-state index in [4.69, 9.17) is 4.74 Å². The number of hydrogen-bond donors (Lipinski definition) is 2. The summed E-state index contributed by atoms with van der Waals surface area (Å²) in [6, 6.07) is 16.4. The number of thiazole rings is 1. The van der Waals surface area contributed by atoms with Gasteiger partial charge < -0.3 is 15.4 Å². The van der Waals surface area contributed by atoms with Gasteiger partial charge in [-0.15, -0.1) is 23.1 Å². The van der Waals surface area contributed by atoms with Crippen molar-refractivity contribution in [2.45, 2.75) is 43.8 Å². The molecule has 2 heterocycles. The van der Waals surface area contributed by atoms with E-state index in [1.807, 2.05) is 54.8 Å². The van der Waals surface area contributed by atoms with Crippen LogP contribution < -0.4 is 10.6 Å². The number of rotatable bonds is 7. The number of ether oxygens (including phenoxy) is 1. The number of nitrogens with one attached hydrogen (secondary N) is 2. The highest BCUT2D eigenvalue weighted by Gasteiger charge is 2.40. The van der Waals surface area contributed by atoms with Gasteiger partial charge >= 0.3 is 6.09 Å². The first-order valence-corrected chi connectivity index (χ1v) is 13.7. The molecule has 0 bridgehead atoms. The normalized spacial score (nSPS) is 19.1. The summed E-state index contributed by atoms with van der Waals surface area (Å²) in [5, 5.41) is 7.96. The van der Waals surface area contributed by atoms with E-state index in [0.717, 1.165) is 24.0 Å². The first-order valence-electron chi connectivity index (χ1n) is 11.8. The Labute approximate surface area is 217 Å². The molecule has 36 heavy (non-hydrogen) atoms. The van der Waals surface area contributed by atoms with E-state index >= 15 is 0 Å². The Hall–Kier alpha value is -3.37. The Balaban J connectivity index is 1.19. The summed E-state index contributed by atoms with van der Waals surface area (Å²) in [5.74, 6) is 0.123. The lowest BCUT2D eigenvalue weighted by Gasteiger charge is -2.25. The van der Waals surface area contributed by atoms with Crippen LogP contribution in [0.5, 0.6) is 0 Å². The molecule has 10 heteroatoms. The number of nitrogens with zero attached hydrogens (tertiary/aromatic N) is 2. The second-order valence-electron chi connectivity index (χ2n) is 8.75. The molecule has 2 fully saturated rings. The van der Waals surface area contributed by atoms with Crippen molar-refractivity contribution in [2.24, 2.45) is 0 Å². The van der Waals surface area contributed by atoms with E-state index in [9.17, 15) is 14.4 Å². The fraction of sp³-hybridized carbons (Fsp3) is 0.308. The summed E-state index contributed by atoms with van der Waals surface area (Å²) in [7, 11) is 0. The minimum absolute atomic E-state index is 0.0641. The number of aromatic nitrogens is 1. The highest BCUT2D eigenvalue weighted by molar-refractivity contribution is 8.00. The van der Waals surface area contributed by atoms with Crippen LogP contribution in [0.15, 0.2) is 60.0 Å². The topological polar surface area (TPSA) is 101 Å². The van der Waals surface area contributed by atoms with Gasteiger partial charge in [0.15, 0.2) is 5.13 Å². The van der Waals surface area contributed by atoms with Gasteiger partial charge in [0, 0.05) is 28.3 Å². The van der Waals surface area contributed by atoms with Gasteiger partial charge in [0.2, 0.25) is 5.91 Å². The van der Waals surface area contributed by atoms with E-state index < -0.39 is 12.1 Å². The molecule has 1 saturated heterocycles. The molecule has 1 aliphatic heterocycles. The number of hydrogen-bond acceptors (Lipinski definition) is 7. The Morgan fingerprint density at radius 3 is 2.56 bits per heavy atom. The molecular formula is C26H26N4O4S2. The van der Waals surface area contributed by atoms with Gasteiger partial charge in [-0.25, -0.2) is 9.78 Å². The molecule has 186 valence electrons. The van der Waals surface area contributed by atoms with Crippen molar-refractivity contribution in [3.63, 3.8) is 0 Å². The van der Waals surface area contributed by atoms with Crippen LogP contribution in [0.25, 0.3) is 11.3 Å². The molecule has 1 aliphatic carbocycles. The van der Waals surface area contributed by atoms with Gasteiger partial charge in [-0.3, -0.25) is 14.5 Å². The van der Waals surface area contributed by atoms with Crippen molar-refractivity contribution in [1.29, 1.82) is 0 Å². The van der Waals surface area contributed by atoms with Crippen LogP contribution in [0.4, 0.5) is 9.93 Å². The van der Waals surface area contributed by atoms with Gasteiger partial charge in [0.1, 0.15) is 12.6 Å². The Kier molecular flexibility index (Phi) is 7.24. The maximum Gasteiger partial charge on any atom is 0.411 e. The molecule has 2 aliphatic rings. The molecule has 0 spiro atoms. The van der Waals surface area contributed by atoms with Gasteiger partial charge in [-0.05, 0) is 37.5 Å². The average Bonchev–Trinajstić information content (AvgIpc) is 3.43. The van der Waals surface area contributed by atoms with Gasteiger partial charge in [-0.1, -0.05) is 42.5 Å². The quantitative estimate of drug-likeness (QED) is 0.465. The maximum atomic E-state index is 13.1. The molecular weight excluding hydrogens is 496 g/mol. The summed E-state index contributed by atoms with van der Waals surface area (Å²) in [5.41, 5.74) is 3.06. The van der Waals surface area contributed by atoms with E-state index in [2.05, 4.69) is 15.6 Å². The lowest BCUT2D eigenvalue weighted by atomic mass is 10.1. The maximum absolute atomic E-state index is 13.1. The molecule has 2 atom stereocenters. The molecule has 0 radical (unpaired) electrons. The molecule has 1 saturated carbocycles. The zero-order chi connectivity index (χ0) is 25.1. The van der Waals surface area contributed by atoms with Crippen molar-refractivity contribution in [2.75, 3.05) is 11.1 Å². The third-order valence-corrected chi connectivity index (χ3v) is 8.01. The molecule has 5 rings (SSSR count). The lowest BCUT2D eigenvalue weighted by Crippen LogP contribution is -2.47. The summed E-state index contributed by atoms with van der Waals surface area (Å²) in [6.45, 7) is 2.04. The Bertz CT molecular complexity index is 1240. The lowest BCUT2D eigenvalue weighted by molar-refractivity contribution is -0.120. The molecule has 3 aromatic rings. The van der Waals surface area contributed by atoms with Crippen molar-refractivity contribution < 1.29 is 19.1 Å². The monoisotopic (exact) mass is 522 g/mol. The Morgan fingerprint density at radius 1 is 1.08 bits per heavy atom. The largest absolute Gasteiger partial charge is 0.445 e. The van der Waals surface area contributed by atoms with Crippen molar-refractivity contribution in [3.05, 3.63) is 71.1 Å². The number of thioether (sulfide) groups is 1. The summed E-state index contributed by atoms with van der Waals surface area (Å²) in [4.78, 5) is 44.1. The van der Waals surface area contributed by atoms with E-state index in [0.29, 0.717) is 28.2 Å². The van der Waals surface area contributed by atoms with Gasteiger partial charge in [-0.2, -0.15) is 0 Å². The fourth-order valence-corrected chi connectivity index (χ4v) is 5.75. The second-order valence-corrected chi connectivity index (χ2v) is 11.0. The number of carbonyl (C=O) groups is 3. The predicted octanol–water partition coefficient (Wildman–Crippen LogP) is 4.74. The van der Waals surface area contributed by atoms with Crippen LogP contribution in [-0.4, -0.2) is 51.0 Å². The van der Waals surface area contributed by atoms with E-state index in [-0.39, 0.29) is 23.8 Å². The minimum Gasteiger partial charge on any atom is -0.445 e. The molecule has 1 aromatic heterocycles. The molecule has 2 N–H and O–H groups in total. The molecule has 2 aromatic carbocycles. The summed E-state index contributed by atoms with van der Waals surface area (Å²) in [6.07, 6.45) is 1.58. The number of amides is 3. The predicted molar refractivity (Wildman–Crippen MR) is 141 cm³/mol. The third-order valence-electron chi connectivity index (χ3n) is 6.03. The summed E-state index contributed by atoms with van der Waals surface area (Å²) < 4.78 is 5.48. The van der Waals surface area contributed by atoms with Crippen molar-refractivity contribution in [3.8, 4) is 11.3 Å². The van der Waals surface area contributed by atoms with E-state index in [1.165, 1.54) is 28.0 Å². The van der Waals surface area contributed by atoms with Crippen LogP contribution in [0.3, 0.4) is 0 Å². The highest BCUT2D eigenvalue weighted by atomic mass is 32.2. The van der Waals surface area contributed by atoms with Crippen LogP contribution in [0.1, 0.15) is 35.7 Å². The van der Waals surface area contributed by atoms with E-state index in [1.54, 1.807) is 12.1 Å². The zero-order valence-corrected chi connectivity index (χ0v) is 21.3. The van der Waals surface area contributed by atoms with Crippen LogP contribution in [0, 0.1) is 0 Å². The van der Waals surface area contributed by atoms with Crippen LogP contribution in [-0.2, 0) is 16.1 Å². The number of carbonyl (C=O) groups excluding carboxylic acids is 3. The SMILES string of the molecule is C[C@H]1SCC(C(=O)Nc2nc(-c3ccc(C(=O)NC4CC4)cc3)cs2)N1C(=O)OCc1ccccc1. The van der Waals surface area contributed by atoms with Crippen LogP contribution >= 0.6 is 23.1 Å². The zero-order valence-electron chi connectivity index (χ0n) is 19.7. The highest BCUT2D eigenvalue weighted by Crippen LogP contribution is 2.31. The van der Waals surface area contributed by atoms with Crippen LogP contribution in [0.2, 0.25) is 0 Å². The summed E-state index contributed by atoms with van der Waals surface area (Å²) >= 11 is 2.84. The van der Waals surface area contributed by atoms with Gasteiger partial charge in [0.05, 0.1) is 11.1 Å².